The highest BCUT2D eigenvalue weighted by molar-refractivity contribution is 8.18. The Morgan fingerprint density at radius 2 is 1.74 bits per heavy atom. The summed E-state index contributed by atoms with van der Waals surface area (Å²) in [5.41, 5.74) is 0.860. The molecule has 0 atom stereocenters. The molecule has 2 amide bonds. The molecule has 1 fully saturated rings. The van der Waals surface area contributed by atoms with Crippen molar-refractivity contribution in [1.82, 2.24) is 9.80 Å². The second-order valence-electron chi connectivity index (χ2n) is 5.42. The van der Waals surface area contributed by atoms with E-state index in [0.717, 1.165) is 43.3 Å². The van der Waals surface area contributed by atoms with E-state index in [9.17, 15) is 9.59 Å². The molecule has 0 bridgehead atoms. The standard InChI is InChI=1S/C17H21ClN2O2S/c1-3-9-19(10-4-2)12-20-16(21)15(23-17(20)22)11-13-5-7-14(18)8-6-13/h5-8,11H,3-4,9-10,12H2,1-2H3/b15-11-. The Balaban J connectivity index is 2.11. The topological polar surface area (TPSA) is 40.6 Å². The van der Waals surface area contributed by atoms with Crippen LogP contribution in [0.2, 0.25) is 5.02 Å². The van der Waals surface area contributed by atoms with Crippen LogP contribution in [-0.4, -0.2) is 40.7 Å². The molecule has 2 rings (SSSR count). The minimum absolute atomic E-state index is 0.201. The quantitative estimate of drug-likeness (QED) is 0.679. The van der Waals surface area contributed by atoms with Crippen LogP contribution < -0.4 is 0 Å². The lowest BCUT2D eigenvalue weighted by Gasteiger charge is -2.25. The number of benzene rings is 1. The number of hydrogen-bond acceptors (Lipinski definition) is 4. The van der Waals surface area contributed by atoms with Crippen molar-refractivity contribution in [3.63, 3.8) is 0 Å². The molecule has 1 aromatic carbocycles. The van der Waals surface area contributed by atoms with Gasteiger partial charge in [0.05, 0.1) is 11.6 Å². The first kappa shape index (κ1) is 18.0. The Bertz CT molecular complexity index is 595. The lowest BCUT2D eigenvalue weighted by molar-refractivity contribution is -0.124. The molecule has 0 saturated carbocycles. The molecule has 1 aromatic rings. The monoisotopic (exact) mass is 352 g/mol. The van der Waals surface area contributed by atoms with Gasteiger partial charge in [0.25, 0.3) is 11.1 Å². The Kier molecular flexibility index (Phi) is 6.69. The fourth-order valence-corrected chi connectivity index (χ4v) is 3.38. The summed E-state index contributed by atoms with van der Waals surface area (Å²) < 4.78 is 0. The zero-order valence-electron chi connectivity index (χ0n) is 13.4. The third-order valence-corrected chi connectivity index (χ3v) is 4.62. The van der Waals surface area contributed by atoms with Crippen LogP contribution >= 0.6 is 23.4 Å². The smallest absolute Gasteiger partial charge is 0.286 e. The average Bonchev–Trinajstić information content (AvgIpc) is 2.78. The summed E-state index contributed by atoms with van der Waals surface area (Å²) in [5, 5.41) is 0.442. The molecule has 23 heavy (non-hydrogen) atoms. The largest absolute Gasteiger partial charge is 0.294 e. The van der Waals surface area contributed by atoms with Crippen molar-refractivity contribution in [2.24, 2.45) is 0 Å². The number of thioether (sulfide) groups is 1. The number of halogens is 1. The summed E-state index contributed by atoms with van der Waals surface area (Å²) in [5.74, 6) is -0.216. The highest BCUT2D eigenvalue weighted by Gasteiger charge is 2.35. The van der Waals surface area contributed by atoms with Gasteiger partial charge >= 0.3 is 0 Å². The van der Waals surface area contributed by atoms with Crippen LogP contribution in [0.4, 0.5) is 4.79 Å². The number of rotatable bonds is 7. The number of carbonyl (C=O) groups is 2. The van der Waals surface area contributed by atoms with E-state index >= 15 is 0 Å². The highest BCUT2D eigenvalue weighted by atomic mass is 35.5. The van der Waals surface area contributed by atoms with Crippen molar-refractivity contribution >= 4 is 40.6 Å². The molecular formula is C17H21ClN2O2S. The third-order valence-electron chi connectivity index (χ3n) is 3.46. The Labute approximate surface area is 146 Å². The first-order valence-electron chi connectivity index (χ1n) is 7.78. The minimum atomic E-state index is -0.216. The predicted octanol–water partition coefficient (Wildman–Crippen LogP) is 4.46. The van der Waals surface area contributed by atoms with Gasteiger partial charge in [0, 0.05) is 5.02 Å². The minimum Gasteiger partial charge on any atom is -0.286 e. The number of carbonyl (C=O) groups excluding carboxylic acids is 2. The molecule has 0 unspecified atom stereocenters. The van der Waals surface area contributed by atoms with E-state index in [4.69, 9.17) is 11.6 Å². The average molecular weight is 353 g/mol. The lowest BCUT2D eigenvalue weighted by Crippen LogP contribution is -2.41. The fraction of sp³-hybridized carbons (Fsp3) is 0.412. The molecule has 6 heteroatoms. The molecule has 1 aliphatic rings. The van der Waals surface area contributed by atoms with Gasteiger partial charge in [0.15, 0.2) is 0 Å². The maximum Gasteiger partial charge on any atom is 0.294 e. The van der Waals surface area contributed by atoms with Gasteiger partial charge in [-0.05, 0) is 61.5 Å². The lowest BCUT2D eigenvalue weighted by atomic mass is 10.2. The molecular weight excluding hydrogens is 332 g/mol. The first-order chi connectivity index (χ1) is 11.0. The molecule has 0 radical (unpaired) electrons. The number of imide groups is 1. The maximum atomic E-state index is 12.5. The number of hydrogen-bond donors (Lipinski definition) is 0. The maximum absolute atomic E-state index is 12.5. The van der Waals surface area contributed by atoms with Crippen LogP contribution in [0.5, 0.6) is 0 Å². The summed E-state index contributed by atoms with van der Waals surface area (Å²) in [6, 6.07) is 7.19. The molecule has 1 heterocycles. The summed E-state index contributed by atoms with van der Waals surface area (Å²) in [6.45, 7) is 6.32. The van der Waals surface area contributed by atoms with Crippen molar-refractivity contribution in [1.29, 1.82) is 0 Å². The van der Waals surface area contributed by atoms with E-state index in [0.29, 0.717) is 16.6 Å². The molecule has 0 aliphatic carbocycles. The van der Waals surface area contributed by atoms with Gasteiger partial charge in [0.2, 0.25) is 0 Å². The van der Waals surface area contributed by atoms with E-state index in [1.165, 1.54) is 4.90 Å². The van der Waals surface area contributed by atoms with Gasteiger partial charge in [-0.2, -0.15) is 0 Å². The van der Waals surface area contributed by atoms with Crippen LogP contribution in [-0.2, 0) is 4.79 Å². The molecule has 124 valence electrons. The predicted molar refractivity (Wildman–Crippen MR) is 96.3 cm³/mol. The van der Waals surface area contributed by atoms with Crippen LogP contribution in [0.15, 0.2) is 29.2 Å². The molecule has 1 aliphatic heterocycles. The van der Waals surface area contributed by atoms with Crippen LogP contribution in [0.1, 0.15) is 32.3 Å². The van der Waals surface area contributed by atoms with E-state index in [1.807, 2.05) is 12.1 Å². The second kappa shape index (κ2) is 8.52. The molecule has 0 spiro atoms. The molecule has 4 nitrogen and oxygen atoms in total. The second-order valence-corrected chi connectivity index (χ2v) is 6.85. The van der Waals surface area contributed by atoms with Gasteiger partial charge in [-0.3, -0.25) is 19.4 Å². The van der Waals surface area contributed by atoms with E-state index in [1.54, 1.807) is 18.2 Å². The van der Waals surface area contributed by atoms with Crippen molar-refractivity contribution < 1.29 is 9.59 Å². The van der Waals surface area contributed by atoms with E-state index < -0.39 is 0 Å². The van der Waals surface area contributed by atoms with E-state index in [-0.39, 0.29) is 11.1 Å². The zero-order chi connectivity index (χ0) is 16.8. The summed E-state index contributed by atoms with van der Waals surface area (Å²) in [4.78, 5) is 28.6. The Hall–Kier alpha value is -1.30. The normalized spacial score (nSPS) is 16.9. The van der Waals surface area contributed by atoms with Crippen LogP contribution in [0, 0.1) is 0 Å². The summed E-state index contributed by atoms with van der Waals surface area (Å²) in [7, 11) is 0. The molecule has 0 aromatic heterocycles. The zero-order valence-corrected chi connectivity index (χ0v) is 15.0. The fourth-order valence-electron chi connectivity index (χ4n) is 2.42. The van der Waals surface area contributed by atoms with Crippen molar-refractivity contribution in [3.05, 3.63) is 39.8 Å². The number of nitrogens with zero attached hydrogens (tertiary/aromatic N) is 2. The number of amides is 2. The first-order valence-corrected chi connectivity index (χ1v) is 8.97. The van der Waals surface area contributed by atoms with Crippen molar-refractivity contribution in [2.75, 3.05) is 19.8 Å². The summed E-state index contributed by atoms with van der Waals surface area (Å²) >= 11 is 6.86. The summed E-state index contributed by atoms with van der Waals surface area (Å²) in [6.07, 6.45) is 3.74. The van der Waals surface area contributed by atoms with Gasteiger partial charge in [0.1, 0.15) is 0 Å². The van der Waals surface area contributed by atoms with Gasteiger partial charge in [-0.25, -0.2) is 0 Å². The SMILES string of the molecule is CCCN(CCC)CN1C(=O)S/C(=C\c2ccc(Cl)cc2)C1=O. The van der Waals surface area contributed by atoms with Crippen molar-refractivity contribution in [2.45, 2.75) is 26.7 Å². The Morgan fingerprint density at radius 1 is 1.13 bits per heavy atom. The van der Waals surface area contributed by atoms with Crippen LogP contribution in [0.25, 0.3) is 6.08 Å². The van der Waals surface area contributed by atoms with Gasteiger partial charge in [-0.15, -0.1) is 0 Å². The third kappa shape index (κ3) is 4.83. The molecule has 0 N–H and O–H groups in total. The molecule has 1 saturated heterocycles. The Morgan fingerprint density at radius 3 is 2.30 bits per heavy atom. The highest BCUT2D eigenvalue weighted by Crippen LogP contribution is 2.32. The van der Waals surface area contributed by atoms with Gasteiger partial charge in [-0.1, -0.05) is 37.6 Å². The van der Waals surface area contributed by atoms with Crippen LogP contribution in [0.3, 0.4) is 0 Å². The van der Waals surface area contributed by atoms with E-state index in [2.05, 4.69) is 18.7 Å². The van der Waals surface area contributed by atoms with Gasteiger partial charge < -0.3 is 0 Å². The van der Waals surface area contributed by atoms with Crippen molar-refractivity contribution in [3.8, 4) is 0 Å².